The fourth-order valence-corrected chi connectivity index (χ4v) is 2.17. The van der Waals surface area contributed by atoms with Crippen LogP contribution < -0.4 is 5.32 Å². The van der Waals surface area contributed by atoms with Crippen molar-refractivity contribution in [3.63, 3.8) is 0 Å². The number of anilines is 1. The maximum absolute atomic E-state index is 13.0. The fraction of sp³-hybridized carbons (Fsp3) is 0.462. The largest absolute Gasteiger partial charge is 0.379 e. The van der Waals surface area contributed by atoms with Gasteiger partial charge in [0.05, 0.1) is 11.3 Å². The molecule has 1 aromatic carbocycles. The first-order chi connectivity index (χ1) is 7.69. The minimum absolute atomic E-state index is 0.128. The zero-order chi connectivity index (χ0) is 11.6. The van der Waals surface area contributed by atoms with E-state index in [1.165, 1.54) is 18.6 Å². The molecule has 1 aliphatic carbocycles. The van der Waals surface area contributed by atoms with Gasteiger partial charge in [-0.25, -0.2) is 4.39 Å². The van der Waals surface area contributed by atoms with Crippen LogP contribution in [0, 0.1) is 17.1 Å². The number of nitrogens with zero attached hydrogens (tertiary/aromatic N) is 1. The van der Waals surface area contributed by atoms with Gasteiger partial charge in [0.25, 0.3) is 0 Å². The first-order valence-electron chi connectivity index (χ1n) is 5.67. The van der Waals surface area contributed by atoms with Gasteiger partial charge in [0.15, 0.2) is 0 Å². The standard InChI is InChI=1S/C13H15FN2/c1-2-13(6-3-7-13)16-12-5-4-11(14)8-10(12)9-15/h4-5,8,16H,2-3,6-7H2,1H3. The lowest BCUT2D eigenvalue weighted by Gasteiger charge is -2.43. The van der Waals surface area contributed by atoms with Crippen LogP contribution in [0.2, 0.25) is 0 Å². The van der Waals surface area contributed by atoms with Crippen molar-refractivity contribution >= 4 is 5.69 Å². The number of hydrogen-bond donors (Lipinski definition) is 1. The average molecular weight is 218 g/mol. The zero-order valence-electron chi connectivity index (χ0n) is 9.39. The summed E-state index contributed by atoms with van der Waals surface area (Å²) in [5, 5.41) is 12.3. The Balaban J connectivity index is 2.24. The number of rotatable bonds is 3. The Kier molecular flexibility index (Phi) is 2.82. The van der Waals surface area contributed by atoms with Crippen LogP contribution >= 0.6 is 0 Å². The van der Waals surface area contributed by atoms with Gasteiger partial charge in [-0.2, -0.15) is 5.26 Å². The molecule has 3 heteroatoms. The Morgan fingerprint density at radius 3 is 2.75 bits per heavy atom. The molecular formula is C13H15FN2. The van der Waals surface area contributed by atoms with Crippen molar-refractivity contribution in [2.45, 2.75) is 38.1 Å². The van der Waals surface area contributed by atoms with E-state index in [9.17, 15) is 4.39 Å². The summed E-state index contributed by atoms with van der Waals surface area (Å²) in [6.07, 6.45) is 4.52. The number of hydrogen-bond acceptors (Lipinski definition) is 2. The summed E-state index contributed by atoms with van der Waals surface area (Å²) in [4.78, 5) is 0. The highest BCUT2D eigenvalue weighted by Gasteiger charge is 2.35. The Morgan fingerprint density at radius 1 is 1.50 bits per heavy atom. The summed E-state index contributed by atoms with van der Waals surface area (Å²) < 4.78 is 13.0. The van der Waals surface area contributed by atoms with E-state index in [4.69, 9.17) is 5.26 Å². The minimum Gasteiger partial charge on any atom is -0.379 e. The highest BCUT2D eigenvalue weighted by molar-refractivity contribution is 5.59. The molecule has 0 aliphatic heterocycles. The minimum atomic E-state index is -0.360. The molecule has 1 N–H and O–H groups in total. The van der Waals surface area contributed by atoms with E-state index >= 15 is 0 Å². The Morgan fingerprint density at radius 2 is 2.25 bits per heavy atom. The van der Waals surface area contributed by atoms with E-state index < -0.39 is 0 Å². The summed E-state index contributed by atoms with van der Waals surface area (Å²) >= 11 is 0. The Labute approximate surface area is 95.1 Å². The maximum Gasteiger partial charge on any atom is 0.124 e. The Hall–Kier alpha value is -1.56. The molecule has 2 rings (SSSR count). The molecule has 2 nitrogen and oxygen atoms in total. The van der Waals surface area contributed by atoms with Gasteiger partial charge in [-0.3, -0.25) is 0 Å². The molecule has 0 bridgehead atoms. The van der Waals surface area contributed by atoms with Crippen molar-refractivity contribution < 1.29 is 4.39 Å². The third-order valence-corrected chi connectivity index (χ3v) is 3.49. The topological polar surface area (TPSA) is 35.8 Å². The third-order valence-electron chi connectivity index (χ3n) is 3.49. The molecule has 0 saturated heterocycles. The molecule has 1 saturated carbocycles. The number of nitriles is 1. The molecule has 84 valence electrons. The van der Waals surface area contributed by atoms with Gasteiger partial charge in [0.2, 0.25) is 0 Å². The summed E-state index contributed by atoms with van der Waals surface area (Å²) in [5.41, 5.74) is 1.27. The van der Waals surface area contributed by atoms with E-state index in [0.717, 1.165) is 24.9 Å². The van der Waals surface area contributed by atoms with Crippen molar-refractivity contribution in [3.05, 3.63) is 29.6 Å². The van der Waals surface area contributed by atoms with E-state index in [2.05, 4.69) is 12.2 Å². The van der Waals surface area contributed by atoms with Crippen LogP contribution in [0.25, 0.3) is 0 Å². The van der Waals surface area contributed by atoms with Gasteiger partial charge in [-0.1, -0.05) is 6.92 Å². The predicted molar refractivity (Wildman–Crippen MR) is 61.6 cm³/mol. The molecule has 0 spiro atoms. The van der Waals surface area contributed by atoms with Crippen LogP contribution in [0.4, 0.5) is 10.1 Å². The van der Waals surface area contributed by atoms with Gasteiger partial charge < -0.3 is 5.32 Å². The molecular weight excluding hydrogens is 203 g/mol. The highest BCUT2D eigenvalue weighted by Crippen LogP contribution is 2.38. The van der Waals surface area contributed by atoms with Gasteiger partial charge in [-0.05, 0) is 43.9 Å². The van der Waals surface area contributed by atoms with Crippen LogP contribution in [0.15, 0.2) is 18.2 Å². The van der Waals surface area contributed by atoms with Crippen LogP contribution in [-0.4, -0.2) is 5.54 Å². The van der Waals surface area contributed by atoms with Gasteiger partial charge in [0, 0.05) is 5.54 Å². The van der Waals surface area contributed by atoms with Crippen molar-refractivity contribution in [1.82, 2.24) is 0 Å². The smallest absolute Gasteiger partial charge is 0.124 e. The summed E-state index contributed by atoms with van der Waals surface area (Å²) in [6.45, 7) is 2.14. The molecule has 0 aromatic heterocycles. The monoisotopic (exact) mass is 218 g/mol. The number of halogens is 1. The molecule has 0 radical (unpaired) electrons. The quantitative estimate of drug-likeness (QED) is 0.843. The maximum atomic E-state index is 13.0. The normalized spacial score (nSPS) is 17.3. The lowest BCUT2D eigenvalue weighted by Crippen LogP contribution is -2.44. The van der Waals surface area contributed by atoms with E-state index in [1.807, 2.05) is 6.07 Å². The average Bonchev–Trinajstić information content (AvgIpc) is 2.25. The molecule has 0 heterocycles. The molecule has 16 heavy (non-hydrogen) atoms. The van der Waals surface area contributed by atoms with Crippen LogP contribution in [0.3, 0.4) is 0 Å². The summed E-state index contributed by atoms with van der Waals surface area (Å²) in [6, 6.07) is 6.36. The zero-order valence-corrected chi connectivity index (χ0v) is 9.39. The predicted octanol–water partition coefficient (Wildman–Crippen LogP) is 3.44. The number of nitrogens with one attached hydrogen (secondary N) is 1. The molecule has 0 atom stereocenters. The van der Waals surface area contributed by atoms with E-state index in [0.29, 0.717) is 5.56 Å². The summed E-state index contributed by atoms with van der Waals surface area (Å²) in [5.74, 6) is -0.360. The third kappa shape index (κ3) is 1.88. The van der Waals surface area contributed by atoms with Crippen molar-refractivity contribution in [1.29, 1.82) is 5.26 Å². The summed E-state index contributed by atoms with van der Waals surface area (Å²) in [7, 11) is 0. The molecule has 1 aliphatic rings. The van der Waals surface area contributed by atoms with Crippen molar-refractivity contribution in [2.24, 2.45) is 0 Å². The van der Waals surface area contributed by atoms with Crippen LogP contribution in [0.5, 0.6) is 0 Å². The second-order valence-corrected chi connectivity index (χ2v) is 4.41. The SMILES string of the molecule is CCC1(Nc2ccc(F)cc2C#N)CCC1. The van der Waals surface area contributed by atoms with Gasteiger partial charge >= 0.3 is 0 Å². The molecule has 0 amide bonds. The number of benzene rings is 1. The molecule has 1 fully saturated rings. The van der Waals surface area contributed by atoms with E-state index in [1.54, 1.807) is 6.07 Å². The highest BCUT2D eigenvalue weighted by atomic mass is 19.1. The van der Waals surface area contributed by atoms with Crippen LogP contribution in [-0.2, 0) is 0 Å². The fourth-order valence-electron chi connectivity index (χ4n) is 2.17. The lowest BCUT2D eigenvalue weighted by atomic mass is 9.74. The lowest BCUT2D eigenvalue weighted by molar-refractivity contribution is 0.269. The Bertz CT molecular complexity index is 425. The second-order valence-electron chi connectivity index (χ2n) is 4.41. The van der Waals surface area contributed by atoms with E-state index in [-0.39, 0.29) is 11.4 Å². The van der Waals surface area contributed by atoms with Gasteiger partial charge in [-0.15, -0.1) is 0 Å². The molecule has 1 aromatic rings. The van der Waals surface area contributed by atoms with Crippen LogP contribution in [0.1, 0.15) is 38.2 Å². The second kappa shape index (κ2) is 4.13. The first-order valence-corrected chi connectivity index (χ1v) is 5.67. The van der Waals surface area contributed by atoms with Crippen molar-refractivity contribution in [2.75, 3.05) is 5.32 Å². The molecule has 0 unspecified atom stereocenters. The first kappa shape index (κ1) is 10.9. The van der Waals surface area contributed by atoms with Crippen molar-refractivity contribution in [3.8, 4) is 6.07 Å². The van der Waals surface area contributed by atoms with Gasteiger partial charge in [0.1, 0.15) is 11.9 Å².